The molecule has 96 valence electrons. The third kappa shape index (κ3) is 2.00. The number of likely N-dealkylation sites (N-methyl/N-ethyl adjacent to an activating group) is 1. The van der Waals surface area contributed by atoms with Gasteiger partial charge in [-0.1, -0.05) is 11.3 Å². The van der Waals surface area contributed by atoms with E-state index in [-0.39, 0.29) is 10.6 Å². The lowest BCUT2D eigenvalue weighted by Gasteiger charge is -2.47. The van der Waals surface area contributed by atoms with Crippen LogP contribution >= 0.6 is 0 Å². The molecule has 1 heterocycles. The van der Waals surface area contributed by atoms with Crippen molar-refractivity contribution in [1.29, 1.82) is 0 Å². The number of H-pyrrole nitrogens is 1. The van der Waals surface area contributed by atoms with Crippen molar-refractivity contribution in [1.82, 2.24) is 9.88 Å². The third-order valence-corrected chi connectivity index (χ3v) is 5.00. The van der Waals surface area contributed by atoms with Crippen LogP contribution in [0.1, 0.15) is 5.56 Å². The highest BCUT2D eigenvalue weighted by Gasteiger charge is 2.41. The highest BCUT2D eigenvalue weighted by Crippen LogP contribution is 2.37. The Morgan fingerprint density at radius 2 is 1.79 bits per heavy atom. The van der Waals surface area contributed by atoms with Crippen molar-refractivity contribution in [3.8, 4) is 5.75 Å². The molecule has 0 fully saturated rings. The minimum absolute atomic E-state index is 0.0373. The topological polar surface area (TPSA) is 39.3 Å². The van der Waals surface area contributed by atoms with Gasteiger partial charge >= 0.3 is 0 Å². The van der Waals surface area contributed by atoms with Crippen LogP contribution < -0.4 is 0 Å². The Kier molecular flexibility index (Phi) is 3.29. The molecule has 1 aromatic carbocycles. The first-order chi connectivity index (χ1) is 8.69. The first-order valence-corrected chi connectivity index (χ1v) is 6.66. The summed E-state index contributed by atoms with van der Waals surface area (Å²) in [6.07, 6.45) is 2.02. The van der Waals surface area contributed by atoms with Crippen LogP contribution in [0, 0.1) is 0 Å². The molecule has 0 atom stereocenters. The predicted molar refractivity (Wildman–Crippen MR) is 92.2 cm³/mol. The minimum atomic E-state index is -0.104. The maximum atomic E-state index is 10.2. The van der Waals surface area contributed by atoms with Crippen molar-refractivity contribution in [2.75, 3.05) is 14.1 Å². The number of nitrogens with zero attached hydrogens (tertiary/aromatic N) is 1. The van der Waals surface area contributed by atoms with Crippen molar-refractivity contribution in [2.45, 2.75) is 10.6 Å². The van der Waals surface area contributed by atoms with Gasteiger partial charge in [0, 0.05) is 17.1 Å². The molecule has 2 aromatic rings. The summed E-state index contributed by atoms with van der Waals surface area (Å²) in [5.41, 5.74) is 2.14. The summed E-state index contributed by atoms with van der Waals surface area (Å²) < 4.78 is 0. The summed E-state index contributed by atoms with van der Waals surface area (Å²) in [5, 5.41) is 11.0. The summed E-state index contributed by atoms with van der Waals surface area (Å²) in [7, 11) is 13.1. The van der Waals surface area contributed by atoms with Gasteiger partial charge in [-0.05, 0) is 37.1 Å². The molecule has 1 aromatic heterocycles. The van der Waals surface area contributed by atoms with Crippen molar-refractivity contribution >= 4 is 42.3 Å². The maximum absolute atomic E-state index is 10.2. The maximum Gasteiger partial charge on any atom is 0.125 e. The van der Waals surface area contributed by atoms with Gasteiger partial charge in [0.05, 0.1) is 0 Å². The fraction of sp³-hybridized carbons (Fsp3) is 0.333. The first-order valence-electron chi connectivity index (χ1n) is 6.66. The van der Waals surface area contributed by atoms with E-state index in [0.717, 1.165) is 16.5 Å². The number of phenols is 1. The first kappa shape index (κ1) is 14.2. The van der Waals surface area contributed by atoms with E-state index in [4.69, 9.17) is 0 Å². The predicted octanol–water partition coefficient (Wildman–Crippen LogP) is -2.23. The fourth-order valence-corrected chi connectivity index (χ4v) is 2.55. The van der Waals surface area contributed by atoms with E-state index in [9.17, 15) is 5.11 Å². The Balaban J connectivity index is 2.68. The molecule has 0 radical (unpaired) electrons. The monoisotopic (exact) mass is 252 g/mol. The number of rotatable bonds is 3. The zero-order chi connectivity index (χ0) is 14.4. The lowest BCUT2D eigenvalue weighted by Crippen LogP contribution is -2.62. The Bertz CT molecular complexity index is 607. The van der Waals surface area contributed by atoms with Crippen LogP contribution in [0.5, 0.6) is 5.75 Å². The number of aromatic amines is 1. The molecular weight excluding hydrogens is 231 g/mol. The van der Waals surface area contributed by atoms with Crippen LogP contribution in [-0.4, -0.2) is 65.8 Å². The lowest BCUT2D eigenvalue weighted by molar-refractivity contribution is 0.310. The van der Waals surface area contributed by atoms with E-state index in [2.05, 4.69) is 55.4 Å². The highest BCUT2D eigenvalue weighted by atomic mass is 16.3. The van der Waals surface area contributed by atoms with Crippen molar-refractivity contribution in [3.63, 3.8) is 0 Å². The van der Waals surface area contributed by atoms with Crippen LogP contribution in [0.4, 0.5) is 0 Å². The number of phenolic OH excluding ortho intramolecular Hbond substituents is 1. The standard InChI is InChI=1S/C12H20B4N2O/c1-18(2)12(15,16)11(13,14)7-6-17-8-4-3-5-9(19)10(7)8/h3-6,17,19H,13-16H2,1-2H3. The van der Waals surface area contributed by atoms with Crippen molar-refractivity contribution in [2.24, 2.45) is 0 Å². The normalized spacial score (nSPS) is 13.2. The number of fused-ring (bicyclic) bond motifs is 1. The Morgan fingerprint density at radius 3 is 2.37 bits per heavy atom. The molecule has 0 saturated heterocycles. The second kappa shape index (κ2) is 4.41. The van der Waals surface area contributed by atoms with Crippen molar-refractivity contribution in [3.05, 3.63) is 30.0 Å². The minimum Gasteiger partial charge on any atom is -0.507 e. The molecule has 0 unspecified atom stereocenters. The van der Waals surface area contributed by atoms with Crippen LogP contribution in [0.15, 0.2) is 24.4 Å². The van der Waals surface area contributed by atoms with Gasteiger partial charge < -0.3 is 15.0 Å². The molecule has 0 aliphatic rings. The van der Waals surface area contributed by atoms with Gasteiger partial charge in [-0.15, -0.1) is 0 Å². The average Bonchev–Trinajstić information content (AvgIpc) is 2.74. The van der Waals surface area contributed by atoms with Gasteiger partial charge in [-0.25, -0.2) is 0 Å². The molecular formula is C12H20B4N2O. The zero-order valence-electron chi connectivity index (χ0n) is 12.7. The van der Waals surface area contributed by atoms with Gasteiger partial charge in [-0.3, -0.25) is 0 Å². The molecule has 0 amide bonds. The fourth-order valence-electron chi connectivity index (χ4n) is 2.55. The van der Waals surface area contributed by atoms with E-state index in [0.29, 0.717) is 5.75 Å². The van der Waals surface area contributed by atoms with Crippen LogP contribution in [0.25, 0.3) is 10.9 Å². The second-order valence-electron chi connectivity index (χ2n) is 6.48. The van der Waals surface area contributed by atoms with Gasteiger partial charge in [-0.2, -0.15) is 0 Å². The third-order valence-electron chi connectivity index (χ3n) is 5.00. The summed E-state index contributed by atoms with van der Waals surface area (Å²) in [6.45, 7) is 0. The van der Waals surface area contributed by atoms with E-state index < -0.39 is 0 Å². The van der Waals surface area contributed by atoms with Crippen molar-refractivity contribution < 1.29 is 5.11 Å². The Morgan fingerprint density at radius 1 is 1.16 bits per heavy atom. The van der Waals surface area contributed by atoms with Gasteiger partial charge in [0.2, 0.25) is 0 Å². The van der Waals surface area contributed by atoms with Crippen LogP contribution in [-0.2, 0) is 5.21 Å². The van der Waals surface area contributed by atoms with Crippen LogP contribution in [0.2, 0.25) is 0 Å². The molecule has 2 rings (SSSR count). The number of aromatic nitrogens is 1. The Hall–Kier alpha value is -1.22. The molecule has 2 N–H and O–H groups in total. The highest BCUT2D eigenvalue weighted by molar-refractivity contribution is 6.54. The summed E-state index contributed by atoms with van der Waals surface area (Å²) in [4.78, 5) is 5.50. The quantitative estimate of drug-likeness (QED) is 0.607. The van der Waals surface area contributed by atoms with E-state index in [1.807, 2.05) is 18.3 Å². The van der Waals surface area contributed by atoms with Crippen LogP contribution in [0.3, 0.4) is 0 Å². The number of nitrogens with one attached hydrogen (secondary N) is 1. The number of aromatic hydroxyl groups is 1. The molecule has 0 bridgehead atoms. The zero-order valence-corrected chi connectivity index (χ0v) is 12.7. The van der Waals surface area contributed by atoms with E-state index >= 15 is 0 Å². The van der Waals surface area contributed by atoms with Gasteiger partial charge in [0.15, 0.2) is 0 Å². The largest absolute Gasteiger partial charge is 0.507 e. The molecule has 0 aliphatic carbocycles. The molecule has 7 heteroatoms. The molecule has 3 nitrogen and oxygen atoms in total. The molecule has 0 saturated carbocycles. The smallest absolute Gasteiger partial charge is 0.125 e. The average molecular weight is 252 g/mol. The second-order valence-corrected chi connectivity index (χ2v) is 6.48. The lowest BCUT2D eigenvalue weighted by atomic mass is 9.31. The molecule has 19 heavy (non-hydrogen) atoms. The number of hydrogen-bond donors (Lipinski definition) is 2. The van der Waals surface area contributed by atoms with Gasteiger partial charge in [0.25, 0.3) is 0 Å². The number of benzene rings is 1. The summed E-state index contributed by atoms with van der Waals surface area (Å²) in [6, 6.07) is 5.61. The SMILES string of the molecule is BC(B)(c1c[nH]c2cccc(O)c12)C(B)(B)N(C)C. The summed E-state index contributed by atoms with van der Waals surface area (Å²) >= 11 is 0. The Labute approximate surface area is 118 Å². The molecule has 0 spiro atoms. The number of hydrogen-bond acceptors (Lipinski definition) is 2. The van der Waals surface area contributed by atoms with Gasteiger partial charge in [0.1, 0.15) is 37.1 Å². The molecule has 0 aliphatic heterocycles. The van der Waals surface area contributed by atoms with E-state index in [1.165, 1.54) is 0 Å². The van der Waals surface area contributed by atoms with E-state index in [1.54, 1.807) is 6.07 Å². The summed E-state index contributed by atoms with van der Waals surface area (Å²) in [5.74, 6) is 0.344.